The zero-order valence-electron chi connectivity index (χ0n) is 10.9. The van der Waals surface area contributed by atoms with Crippen molar-refractivity contribution in [3.05, 3.63) is 59.8 Å². The van der Waals surface area contributed by atoms with Gasteiger partial charge in [-0.15, -0.1) is 0 Å². The third kappa shape index (κ3) is 3.12. The lowest BCUT2D eigenvalue weighted by Gasteiger charge is -2.11. The summed E-state index contributed by atoms with van der Waals surface area (Å²) in [4.78, 5) is 4.38. The zero-order valence-corrected chi connectivity index (χ0v) is 10.9. The van der Waals surface area contributed by atoms with Gasteiger partial charge in [0.15, 0.2) is 0 Å². The van der Waals surface area contributed by atoms with E-state index in [2.05, 4.69) is 28.5 Å². The molecule has 1 N–H and O–H groups in total. The first-order valence-electron chi connectivity index (χ1n) is 6.78. The molecule has 0 radical (unpaired) electrons. The van der Waals surface area contributed by atoms with Crippen molar-refractivity contribution < 1.29 is 4.74 Å². The van der Waals surface area contributed by atoms with E-state index in [1.807, 2.05) is 30.5 Å². The number of pyridine rings is 1. The average Bonchev–Trinajstić information content (AvgIpc) is 3.01. The van der Waals surface area contributed by atoms with Crippen LogP contribution in [0, 0.1) is 0 Å². The third-order valence-electron chi connectivity index (χ3n) is 3.45. The number of nitrogens with one attached hydrogen (secondary N) is 1. The number of ether oxygens (including phenoxy) is 1. The van der Waals surface area contributed by atoms with Crippen LogP contribution in [0.5, 0.6) is 5.88 Å². The molecule has 1 atom stereocenters. The number of hydrogen-bond acceptors (Lipinski definition) is 3. The molecule has 0 saturated carbocycles. The Labute approximate surface area is 113 Å². The van der Waals surface area contributed by atoms with Crippen molar-refractivity contribution in [1.82, 2.24) is 10.3 Å². The highest BCUT2D eigenvalue weighted by atomic mass is 16.5. The molecule has 0 amide bonds. The molecule has 3 rings (SSSR count). The van der Waals surface area contributed by atoms with Crippen molar-refractivity contribution in [2.75, 3.05) is 6.54 Å². The molecule has 1 aromatic heterocycles. The highest BCUT2D eigenvalue weighted by Crippen LogP contribution is 2.23. The van der Waals surface area contributed by atoms with Crippen molar-refractivity contribution in [2.45, 2.75) is 25.5 Å². The van der Waals surface area contributed by atoms with Gasteiger partial charge < -0.3 is 10.1 Å². The molecular formula is C16H18N2O. The van der Waals surface area contributed by atoms with Crippen LogP contribution in [0.4, 0.5) is 0 Å². The predicted octanol–water partition coefficient (Wildman–Crippen LogP) is 3.09. The summed E-state index contributed by atoms with van der Waals surface area (Å²) in [5.74, 6) is 0.686. The summed E-state index contributed by atoms with van der Waals surface area (Å²) in [5.41, 5.74) is 2.41. The molecule has 1 fully saturated rings. The molecule has 3 heteroatoms. The summed E-state index contributed by atoms with van der Waals surface area (Å²) in [6.07, 6.45) is 4.37. The number of hydrogen-bond donors (Lipinski definition) is 1. The van der Waals surface area contributed by atoms with E-state index in [9.17, 15) is 0 Å². The summed E-state index contributed by atoms with van der Waals surface area (Å²) in [5, 5.41) is 3.47. The van der Waals surface area contributed by atoms with Gasteiger partial charge in [-0.3, -0.25) is 0 Å². The maximum absolute atomic E-state index is 5.68. The van der Waals surface area contributed by atoms with Crippen LogP contribution in [-0.4, -0.2) is 11.5 Å². The number of rotatable bonds is 4. The normalized spacial score (nSPS) is 18.4. The molecule has 0 spiro atoms. The monoisotopic (exact) mass is 254 g/mol. The van der Waals surface area contributed by atoms with Crippen LogP contribution in [-0.2, 0) is 6.61 Å². The van der Waals surface area contributed by atoms with Gasteiger partial charge in [0.05, 0.1) is 0 Å². The van der Waals surface area contributed by atoms with Crippen LogP contribution < -0.4 is 10.1 Å². The third-order valence-corrected chi connectivity index (χ3v) is 3.45. The van der Waals surface area contributed by atoms with Crippen molar-refractivity contribution in [2.24, 2.45) is 0 Å². The highest BCUT2D eigenvalue weighted by Gasteiger charge is 2.16. The van der Waals surface area contributed by atoms with Crippen LogP contribution in [0.2, 0.25) is 0 Å². The topological polar surface area (TPSA) is 34.1 Å². The Hall–Kier alpha value is -1.87. The minimum Gasteiger partial charge on any atom is -0.473 e. The number of nitrogens with zero attached hydrogens (tertiary/aromatic N) is 1. The molecule has 19 heavy (non-hydrogen) atoms. The Kier molecular flexibility index (Phi) is 3.75. The quantitative estimate of drug-likeness (QED) is 0.910. The van der Waals surface area contributed by atoms with Crippen molar-refractivity contribution >= 4 is 0 Å². The van der Waals surface area contributed by atoms with Gasteiger partial charge in [-0.1, -0.05) is 36.4 Å². The van der Waals surface area contributed by atoms with Gasteiger partial charge in [-0.05, 0) is 30.5 Å². The van der Waals surface area contributed by atoms with Crippen LogP contribution in [0.15, 0.2) is 48.7 Å². The van der Waals surface area contributed by atoms with E-state index in [4.69, 9.17) is 4.74 Å². The lowest BCUT2D eigenvalue weighted by atomic mass is 10.1. The van der Waals surface area contributed by atoms with Crippen molar-refractivity contribution in [1.29, 1.82) is 0 Å². The van der Waals surface area contributed by atoms with Crippen molar-refractivity contribution in [3.63, 3.8) is 0 Å². The van der Waals surface area contributed by atoms with E-state index < -0.39 is 0 Å². The largest absolute Gasteiger partial charge is 0.473 e. The second-order valence-corrected chi connectivity index (χ2v) is 4.85. The van der Waals surface area contributed by atoms with Crippen LogP contribution in [0.3, 0.4) is 0 Å². The smallest absolute Gasteiger partial charge is 0.213 e. The molecule has 2 aromatic rings. The van der Waals surface area contributed by atoms with Crippen LogP contribution in [0.1, 0.15) is 30.0 Å². The first kappa shape index (κ1) is 12.2. The van der Waals surface area contributed by atoms with Gasteiger partial charge in [-0.2, -0.15) is 0 Å². The van der Waals surface area contributed by atoms with E-state index in [0.717, 1.165) is 12.1 Å². The van der Waals surface area contributed by atoms with E-state index in [1.165, 1.54) is 18.4 Å². The molecule has 2 heterocycles. The predicted molar refractivity (Wildman–Crippen MR) is 75.0 cm³/mol. The fraction of sp³-hybridized carbons (Fsp3) is 0.312. The lowest BCUT2D eigenvalue weighted by Crippen LogP contribution is -2.12. The Morgan fingerprint density at radius 2 is 2.05 bits per heavy atom. The first-order chi connectivity index (χ1) is 9.42. The molecule has 1 aromatic carbocycles. The number of benzene rings is 1. The summed E-state index contributed by atoms with van der Waals surface area (Å²) < 4.78 is 5.68. The molecule has 3 nitrogen and oxygen atoms in total. The lowest BCUT2D eigenvalue weighted by molar-refractivity contribution is 0.293. The van der Waals surface area contributed by atoms with Crippen molar-refractivity contribution in [3.8, 4) is 5.88 Å². The van der Waals surface area contributed by atoms with Gasteiger partial charge in [0.25, 0.3) is 0 Å². The van der Waals surface area contributed by atoms with E-state index in [1.54, 1.807) is 0 Å². The Morgan fingerprint density at radius 1 is 1.16 bits per heavy atom. The Morgan fingerprint density at radius 3 is 2.74 bits per heavy atom. The van der Waals surface area contributed by atoms with E-state index in [-0.39, 0.29) is 0 Å². The molecule has 1 aliphatic heterocycles. The summed E-state index contributed by atoms with van der Waals surface area (Å²) in [7, 11) is 0. The van der Waals surface area contributed by atoms with Gasteiger partial charge in [-0.25, -0.2) is 4.98 Å². The van der Waals surface area contributed by atoms with Gasteiger partial charge >= 0.3 is 0 Å². The number of aromatic nitrogens is 1. The fourth-order valence-corrected chi connectivity index (χ4v) is 2.38. The minimum absolute atomic E-state index is 0.468. The molecule has 98 valence electrons. The molecule has 0 bridgehead atoms. The van der Waals surface area contributed by atoms with Gasteiger partial charge in [0, 0.05) is 18.3 Å². The molecule has 1 aliphatic rings. The molecule has 0 unspecified atom stereocenters. The van der Waals surface area contributed by atoms with Crippen LogP contribution in [0.25, 0.3) is 0 Å². The summed E-state index contributed by atoms with van der Waals surface area (Å²) >= 11 is 0. The molecule has 0 aliphatic carbocycles. The average molecular weight is 254 g/mol. The fourth-order valence-electron chi connectivity index (χ4n) is 2.38. The second-order valence-electron chi connectivity index (χ2n) is 4.85. The first-order valence-corrected chi connectivity index (χ1v) is 6.78. The molecule has 1 saturated heterocycles. The summed E-state index contributed by atoms with van der Waals surface area (Å²) in [6, 6.07) is 14.7. The standard InChI is InChI=1S/C16H18N2O/c1-2-5-13(6-3-1)12-19-16-9-8-14(11-18-16)15-7-4-10-17-15/h1-3,5-6,8-9,11,15,17H,4,7,10,12H2/t15-/m0/s1. The summed E-state index contributed by atoms with van der Waals surface area (Å²) in [6.45, 7) is 1.67. The maximum Gasteiger partial charge on any atom is 0.213 e. The highest BCUT2D eigenvalue weighted by molar-refractivity contribution is 5.22. The Balaban J connectivity index is 1.60. The van der Waals surface area contributed by atoms with Gasteiger partial charge in [0.1, 0.15) is 6.61 Å². The molecular weight excluding hydrogens is 236 g/mol. The van der Waals surface area contributed by atoms with Gasteiger partial charge in [0.2, 0.25) is 5.88 Å². The van der Waals surface area contributed by atoms with Crippen LogP contribution >= 0.6 is 0 Å². The zero-order chi connectivity index (χ0) is 12.9. The van der Waals surface area contributed by atoms with E-state index >= 15 is 0 Å². The minimum atomic E-state index is 0.468. The Bertz CT molecular complexity index is 504. The second kappa shape index (κ2) is 5.85. The maximum atomic E-state index is 5.68. The van der Waals surface area contributed by atoms with E-state index in [0.29, 0.717) is 18.5 Å². The SMILES string of the molecule is c1ccc(COc2ccc([C@@H]3CCCN3)cn2)cc1.